The summed E-state index contributed by atoms with van der Waals surface area (Å²) in [6, 6.07) is 9.82. The first kappa shape index (κ1) is 20.7. The van der Waals surface area contributed by atoms with Crippen LogP contribution >= 0.6 is 12.2 Å². The van der Waals surface area contributed by atoms with E-state index in [1.54, 1.807) is 25.1 Å². The van der Waals surface area contributed by atoms with Crippen molar-refractivity contribution in [1.29, 1.82) is 0 Å². The highest BCUT2D eigenvalue weighted by Crippen LogP contribution is 2.34. The highest BCUT2D eigenvalue weighted by atomic mass is 32.1. The molecule has 4 nitrogen and oxygen atoms in total. The number of nitrogens with zero attached hydrogens (tertiary/aromatic N) is 1. The number of thiocarbonyl (C=S) groups is 1. The van der Waals surface area contributed by atoms with Crippen LogP contribution in [0.4, 0.5) is 13.2 Å². The van der Waals surface area contributed by atoms with E-state index in [4.69, 9.17) is 21.7 Å². The largest absolute Gasteiger partial charge is 0.483 e. The summed E-state index contributed by atoms with van der Waals surface area (Å²) in [6.07, 6.45) is -0.173. The van der Waals surface area contributed by atoms with Crippen molar-refractivity contribution in [2.24, 2.45) is 0 Å². The summed E-state index contributed by atoms with van der Waals surface area (Å²) in [7, 11) is 0. The molecule has 0 aliphatic rings. The van der Waals surface area contributed by atoms with E-state index in [-0.39, 0.29) is 51.6 Å². The van der Waals surface area contributed by atoms with Gasteiger partial charge in [0, 0.05) is 17.9 Å². The van der Waals surface area contributed by atoms with Crippen LogP contribution in [-0.2, 0) is 11.2 Å². The van der Waals surface area contributed by atoms with Crippen LogP contribution in [0.25, 0.3) is 10.9 Å². The third-order valence-corrected chi connectivity index (χ3v) is 4.39. The molecule has 0 aliphatic heterocycles. The molecule has 150 valence electrons. The van der Waals surface area contributed by atoms with E-state index in [1.807, 2.05) is 0 Å². The summed E-state index contributed by atoms with van der Waals surface area (Å²) in [6.45, 7) is 1.12. The Hall–Kier alpha value is -3.00. The first-order valence-corrected chi connectivity index (χ1v) is 9.19. The summed E-state index contributed by atoms with van der Waals surface area (Å²) in [5.74, 6) is -3.17. The predicted molar refractivity (Wildman–Crippen MR) is 106 cm³/mol. The van der Waals surface area contributed by atoms with Gasteiger partial charge in [-0.15, -0.1) is 0 Å². The molecule has 0 saturated carbocycles. The molecule has 8 heteroatoms. The summed E-state index contributed by atoms with van der Waals surface area (Å²) < 4.78 is 51.7. The van der Waals surface area contributed by atoms with E-state index in [1.165, 1.54) is 12.1 Å². The van der Waals surface area contributed by atoms with Crippen molar-refractivity contribution in [3.63, 3.8) is 0 Å². The minimum Gasteiger partial charge on any atom is -0.483 e. The lowest BCUT2D eigenvalue weighted by atomic mass is 10.1. The first-order chi connectivity index (χ1) is 14.0. The molecule has 0 atom stereocenters. The Kier molecular flexibility index (Phi) is 6.43. The Morgan fingerprint density at radius 3 is 2.48 bits per heavy atom. The Morgan fingerprint density at radius 2 is 1.83 bits per heavy atom. The lowest BCUT2D eigenvalue weighted by Crippen LogP contribution is -2.16. The van der Waals surface area contributed by atoms with Crippen molar-refractivity contribution in [3.05, 3.63) is 70.9 Å². The average Bonchev–Trinajstić information content (AvgIpc) is 2.70. The van der Waals surface area contributed by atoms with E-state index in [9.17, 15) is 18.0 Å². The van der Waals surface area contributed by atoms with Gasteiger partial charge in [0.1, 0.15) is 0 Å². The number of halogens is 3. The van der Waals surface area contributed by atoms with Gasteiger partial charge in [0.05, 0.1) is 35.6 Å². The van der Waals surface area contributed by atoms with E-state index in [2.05, 4.69) is 4.98 Å². The zero-order valence-corrected chi connectivity index (χ0v) is 16.2. The Labute approximate surface area is 170 Å². The van der Waals surface area contributed by atoms with Gasteiger partial charge in [0.25, 0.3) is 0 Å². The first-order valence-electron chi connectivity index (χ1n) is 8.78. The van der Waals surface area contributed by atoms with E-state index in [0.717, 1.165) is 12.1 Å². The molecule has 0 amide bonds. The topological polar surface area (TPSA) is 48.4 Å². The van der Waals surface area contributed by atoms with Crippen LogP contribution < -0.4 is 4.74 Å². The van der Waals surface area contributed by atoms with Crippen LogP contribution in [0, 0.1) is 11.6 Å². The van der Waals surface area contributed by atoms with Gasteiger partial charge in [0.15, 0.2) is 22.4 Å². The SMILES string of the molecule is CCOC(=S)c1c(CCF)nc2cc(F)c(F)cc2c1OC(=O)c1ccccc1. The molecule has 0 radical (unpaired) electrons. The standard InChI is InChI=1S/C21H16F3NO3S/c1-2-27-21(29)18-16(8-9-22)25-17-11-15(24)14(23)10-13(17)19(18)28-20(26)12-6-4-3-5-7-12/h3-7,10-11H,2,8-9H2,1H3. The molecular weight excluding hydrogens is 403 g/mol. The Balaban J connectivity index is 2.26. The zero-order valence-electron chi connectivity index (χ0n) is 15.4. The quantitative estimate of drug-likeness (QED) is 0.418. The summed E-state index contributed by atoms with van der Waals surface area (Å²) in [4.78, 5) is 16.8. The van der Waals surface area contributed by atoms with Crippen LogP contribution in [0.3, 0.4) is 0 Å². The molecule has 0 N–H and O–H groups in total. The lowest BCUT2D eigenvalue weighted by Gasteiger charge is -2.17. The van der Waals surface area contributed by atoms with Crippen LogP contribution in [0.5, 0.6) is 5.75 Å². The van der Waals surface area contributed by atoms with Crippen molar-refractivity contribution in [2.45, 2.75) is 13.3 Å². The molecule has 0 saturated heterocycles. The van der Waals surface area contributed by atoms with Gasteiger partial charge >= 0.3 is 5.97 Å². The number of carbonyl (C=O) groups excluding carboxylic acids is 1. The molecule has 0 unspecified atom stereocenters. The fourth-order valence-corrected chi connectivity index (χ4v) is 3.12. The van der Waals surface area contributed by atoms with Gasteiger partial charge in [-0.25, -0.2) is 13.6 Å². The van der Waals surface area contributed by atoms with Crippen molar-refractivity contribution >= 4 is 34.1 Å². The van der Waals surface area contributed by atoms with Gasteiger partial charge in [-0.1, -0.05) is 18.2 Å². The number of rotatable bonds is 6. The number of ether oxygens (including phenoxy) is 2. The maximum atomic E-state index is 14.0. The second kappa shape index (κ2) is 9.00. The van der Waals surface area contributed by atoms with Crippen LogP contribution in [0.2, 0.25) is 0 Å². The molecule has 0 aliphatic carbocycles. The lowest BCUT2D eigenvalue weighted by molar-refractivity contribution is 0.0736. The average molecular weight is 419 g/mol. The molecule has 1 aromatic heterocycles. The van der Waals surface area contributed by atoms with Crippen molar-refractivity contribution in [3.8, 4) is 5.75 Å². The van der Waals surface area contributed by atoms with Gasteiger partial charge in [0.2, 0.25) is 0 Å². The normalized spacial score (nSPS) is 10.8. The monoisotopic (exact) mass is 419 g/mol. The van der Waals surface area contributed by atoms with Crippen LogP contribution in [0.15, 0.2) is 42.5 Å². The van der Waals surface area contributed by atoms with Crippen LogP contribution in [0.1, 0.15) is 28.5 Å². The highest BCUT2D eigenvalue weighted by molar-refractivity contribution is 7.80. The summed E-state index contributed by atoms with van der Waals surface area (Å²) in [5.41, 5.74) is 0.439. The van der Waals surface area contributed by atoms with Gasteiger partial charge in [-0.2, -0.15) is 0 Å². The fourth-order valence-electron chi connectivity index (χ4n) is 2.79. The van der Waals surface area contributed by atoms with E-state index < -0.39 is 24.3 Å². The van der Waals surface area contributed by atoms with Crippen molar-refractivity contribution < 1.29 is 27.4 Å². The van der Waals surface area contributed by atoms with Crippen LogP contribution in [-0.4, -0.2) is 29.3 Å². The molecule has 2 aromatic carbocycles. The second-order valence-corrected chi connectivity index (χ2v) is 6.33. The van der Waals surface area contributed by atoms with Gasteiger partial charge < -0.3 is 9.47 Å². The minimum atomic E-state index is -1.15. The number of esters is 1. The van der Waals surface area contributed by atoms with Gasteiger partial charge in [-0.3, -0.25) is 9.37 Å². The number of alkyl halides is 1. The molecule has 3 aromatic rings. The maximum Gasteiger partial charge on any atom is 0.343 e. The smallest absolute Gasteiger partial charge is 0.343 e. The molecule has 0 fully saturated rings. The molecule has 29 heavy (non-hydrogen) atoms. The second-order valence-electron chi connectivity index (χ2n) is 5.96. The number of aromatic nitrogens is 1. The zero-order chi connectivity index (χ0) is 21.0. The van der Waals surface area contributed by atoms with E-state index >= 15 is 0 Å². The molecule has 1 heterocycles. The Morgan fingerprint density at radius 1 is 1.14 bits per heavy atom. The fraction of sp³-hybridized carbons (Fsp3) is 0.190. The number of hydrogen-bond acceptors (Lipinski definition) is 5. The number of pyridine rings is 1. The highest BCUT2D eigenvalue weighted by Gasteiger charge is 2.25. The number of carbonyl (C=O) groups is 1. The van der Waals surface area contributed by atoms with Crippen molar-refractivity contribution in [2.75, 3.05) is 13.3 Å². The molecule has 0 spiro atoms. The Bertz CT molecular complexity index is 1070. The third kappa shape index (κ3) is 4.37. The number of aryl methyl sites for hydroxylation is 1. The summed E-state index contributed by atoms with van der Waals surface area (Å²) in [5, 5.41) is -0.0567. The van der Waals surface area contributed by atoms with E-state index in [0.29, 0.717) is 0 Å². The van der Waals surface area contributed by atoms with Crippen molar-refractivity contribution in [1.82, 2.24) is 4.98 Å². The molecular formula is C21H16F3NO3S. The van der Waals surface area contributed by atoms with Gasteiger partial charge in [-0.05, 0) is 37.3 Å². The third-order valence-electron chi connectivity index (χ3n) is 4.07. The summed E-state index contributed by atoms with van der Waals surface area (Å²) >= 11 is 5.26. The number of benzene rings is 2. The number of fused-ring (bicyclic) bond motifs is 1. The number of hydrogen-bond donors (Lipinski definition) is 0. The predicted octanol–water partition coefficient (Wildman–Crippen LogP) is 4.96. The minimum absolute atomic E-state index is 0.00580. The molecule has 3 rings (SSSR count). The molecule has 0 bridgehead atoms. The maximum absolute atomic E-state index is 14.0.